The standard InChI is InChI=1S/C15H20O4/c1-10-7-13(17-2)14(18-3)8-12(10)15(16)11-5-4-6-19-9-11/h7-8,11H,4-6,9H2,1-3H3. The van der Waals surface area contributed by atoms with Crippen LogP contribution in [0.25, 0.3) is 0 Å². The van der Waals surface area contributed by atoms with Crippen molar-refractivity contribution < 1.29 is 19.0 Å². The Labute approximate surface area is 113 Å². The van der Waals surface area contributed by atoms with E-state index >= 15 is 0 Å². The minimum Gasteiger partial charge on any atom is -0.493 e. The minimum atomic E-state index is -0.0365. The second-order valence-electron chi connectivity index (χ2n) is 4.80. The van der Waals surface area contributed by atoms with E-state index < -0.39 is 0 Å². The van der Waals surface area contributed by atoms with Gasteiger partial charge in [0.1, 0.15) is 0 Å². The highest BCUT2D eigenvalue weighted by atomic mass is 16.5. The van der Waals surface area contributed by atoms with Gasteiger partial charge in [-0.05, 0) is 37.5 Å². The summed E-state index contributed by atoms with van der Waals surface area (Å²) in [5, 5.41) is 0. The number of hydrogen-bond acceptors (Lipinski definition) is 4. The third kappa shape index (κ3) is 2.89. The van der Waals surface area contributed by atoms with Crippen molar-refractivity contribution in [2.24, 2.45) is 5.92 Å². The van der Waals surface area contributed by atoms with Crippen LogP contribution >= 0.6 is 0 Å². The van der Waals surface area contributed by atoms with Crippen molar-refractivity contribution in [2.45, 2.75) is 19.8 Å². The molecule has 0 amide bonds. The van der Waals surface area contributed by atoms with Crippen LogP contribution in [0.3, 0.4) is 0 Å². The maximum Gasteiger partial charge on any atom is 0.168 e. The first-order valence-corrected chi connectivity index (χ1v) is 6.52. The fourth-order valence-electron chi connectivity index (χ4n) is 2.41. The van der Waals surface area contributed by atoms with Crippen LogP contribution in [0, 0.1) is 12.8 Å². The van der Waals surface area contributed by atoms with Crippen LogP contribution in [0.2, 0.25) is 0 Å². The first-order valence-electron chi connectivity index (χ1n) is 6.52. The Morgan fingerprint density at radius 1 is 1.26 bits per heavy atom. The first-order chi connectivity index (χ1) is 9.17. The Bertz CT molecular complexity index is 461. The summed E-state index contributed by atoms with van der Waals surface area (Å²) >= 11 is 0. The fourth-order valence-corrected chi connectivity index (χ4v) is 2.41. The molecule has 4 nitrogen and oxygen atoms in total. The zero-order chi connectivity index (χ0) is 13.8. The lowest BCUT2D eigenvalue weighted by Crippen LogP contribution is -2.25. The number of Topliss-reactive ketones (excluding diaryl/α,β-unsaturated/α-hetero) is 1. The summed E-state index contributed by atoms with van der Waals surface area (Å²) in [5.74, 6) is 1.34. The zero-order valence-corrected chi connectivity index (χ0v) is 11.7. The maximum absolute atomic E-state index is 12.5. The van der Waals surface area contributed by atoms with Crippen LogP contribution in [0.4, 0.5) is 0 Å². The van der Waals surface area contributed by atoms with Crippen LogP contribution in [0.5, 0.6) is 11.5 Å². The molecule has 1 aromatic rings. The lowest BCUT2D eigenvalue weighted by molar-refractivity contribution is 0.0460. The highest BCUT2D eigenvalue weighted by Crippen LogP contribution is 2.32. The van der Waals surface area contributed by atoms with E-state index in [1.807, 2.05) is 13.0 Å². The molecule has 1 fully saturated rings. The quantitative estimate of drug-likeness (QED) is 0.784. The number of carbonyl (C=O) groups excluding carboxylic acids is 1. The number of hydrogen-bond donors (Lipinski definition) is 0. The van der Waals surface area contributed by atoms with Crippen molar-refractivity contribution >= 4 is 5.78 Å². The Kier molecular flexibility index (Phi) is 4.43. The van der Waals surface area contributed by atoms with E-state index in [4.69, 9.17) is 14.2 Å². The van der Waals surface area contributed by atoms with Gasteiger partial charge in [-0.25, -0.2) is 0 Å². The summed E-state index contributed by atoms with van der Waals surface area (Å²) in [5.41, 5.74) is 1.61. The normalized spacial score (nSPS) is 19.0. The number of aryl methyl sites for hydroxylation is 1. The lowest BCUT2D eigenvalue weighted by Gasteiger charge is -2.22. The monoisotopic (exact) mass is 264 g/mol. The van der Waals surface area contributed by atoms with Gasteiger partial charge in [0.25, 0.3) is 0 Å². The SMILES string of the molecule is COc1cc(C)c(C(=O)C2CCCOC2)cc1OC. The predicted octanol–water partition coefficient (Wildman–Crippen LogP) is 2.62. The van der Waals surface area contributed by atoms with Gasteiger partial charge in [-0.3, -0.25) is 4.79 Å². The molecule has 1 aromatic carbocycles. The highest BCUT2D eigenvalue weighted by molar-refractivity contribution is 6.00. The van der Waals surface area contributed by atoms with Gasteiger partial charge in [-0.2, -0.15) is 0 Å². The molecule has 1 saturated heterocycles. The molecule has 0 saturated carbocycles. The third-order valence-electron chi connectivity index (χ3n) is 3.53. The van der Waals surface area contributed by atoms with Gasteiger partial charge in [0, 0.05) is 18.1 Å². The van der Waals surface area contributed by atoms with Gasteiger partial charge in [-0.15, -0.1) is 0 Å². The molecule has 0 N–H and O–H groups in total. The van der Waals surface area contributed by atoms with Gasteiger partial charge in [0.15, 0.2) is 17.3 Å². The lowest BCUT2D eigenvalue weighted by atomic mass is 9.90. The topological polar surface area (TPSA) is 44.8 Å². The van der Waals surface area contributed by atoms with Crippen molar-refractivity contribution in [1.82, 2.24) is 0 Å². The predicted molar refractivity (Wildman–Crippen MR) is 72.2 cm³/mol. The number of ether oxygens (including phenoxy) is 3. The molecule has 1 atom stereocenters. The summed E-state index contributed by atoms with van der Waals surface area (Å²) in [4.78, 5) is 12.5. The summed E-state index contributed by atoms with van der Waals surface area (Å²) in [6.45, 7) is 3.19. The van der Waals surface area contributed by atoms with E-state index in [1.54, 1.807) is 20.3 Å². The molecular formula is C15H20O4. The Morgan fingerprint density at radius 3 is 2.53 bits per heavy atom. The summed E-state index contributed by atoms with van der Waals surface area (Å²) in [7, 11) is 3.17. The van der Waals surface area contributed by atoms with Gasteiger partial charge >= 0.3 is 0 Å². The summed E-state index contributed by atoms with van der Waals surface area (Å²) < 4.78 is 15.9. The molecule has 1 unspecified atom stereocenters. The molecule has 0 spiro atoms. The average Bonchev–Trinajstić information content (AvgIpc) is 2.47. The molecule has 0 aromatic heterocycles. The van der Waals surface area contributed by atoms with Crippen molar-refractivity contribution in [3.8, 4) is 11.5 Å². The van der Waals surface area contributed by atoms with Gasteiger partial charge < -0.3 is 14.2 Å². The highest BCUT2D eigenvalue weighted by Gasteiger charge is 2.25. The molecule has 1 aliphatic heterocycles. The fraction of sp³-hybridized carbons (Fsp3) is 0.533. The second kappa shape index (κ2) is 6.06. The first kappa shape index (κ1) is 13.9. The van der Waals surface area contributed by atoms with Crippen LogP contribution in [-0.2, 0) is 4.74 Å². The molecule has 0 aliphatic carbocycles. The largest absolute Gasteiger partial charge is 0.493 e. The Hall–Kier alpha value is -1.55. The van der Waals surface area contributed by atoms with Crippen molar-refractivity contribution in [2.75, 3.05) is 27.4 Å². The molecular weight excluding hydrogens is 244 g/mol. The van der Waals surface area contributed by atoms with E-state index in [2.05, 4.69) is 0 Å². The van der Waals surface area contributed by atoms with Crippen LogP contribution in [0.15, 0.2) is 12.1 Å². The van der Waals surface area contributed by atoms with Gasteiger partial charge in [0.2, 0.25) is 0 Å². The smallest absolute Gasteiger partial charge is 0.168 e. The van der Waals surface area contributed by atoms with Crippen LogP contribution < -0.4 is 9.47 Å². The van der Waals surface area contributed by atoms with Gasteiger partial charge in [-0.1, -0.05) is 0 Å². The van der Waals surface area contributed by atoms with E-state index in [0.717, 1.165) is 25.0 Å². The maximum atomic E-state index is 12.5. The van der Waals surface area contributed by atoms with Crippen molar-refractivity contribution in [1.29, 1.82) is 0 Å². The molecule has 19 heavy (non-hydrogen) atoms. The second-order valence-corrected chi connectivity index (χ2v) is 4.80. The number of rotatable bonds is 4. The summed E-state index contributed by atoms with van der Waals surface area (Å²) in [6.07, 6.45) is 1.84. The molecule has 4 heteroatoms. The average molecular weight is 264 g/mol. The van der Waals surface area contributed by atoms with Crippen LogP contribution in [-0.4, -0.2) is 33.2 Å². The molecule has 0 radical (unpaired) electrons. The molecule has 0 bridgehead atoms. The van der Waals surface area contributed by atoms with E-state index in [1.165, 1.54) is 0 Å². The van der Waals surface area contributed by atoms with E-state index in [0.29, 0.717) is 23.7 Å². The molecule has 1 aliphatic rings. The van der Waals surface area contributed by atoms with Crippen molar-refractivity contribution in [3.63, 3.8) is 0 Å². The minimum absolute atomic E-state index is 0.0365. The summed E-state index contributed by atoms with van der Waals surface area (Å²) in [6, 6.07) is 3.61. The third-order valence-corrected chi connectivity index (χ3v) is 3.53. The van der Waals surface area contributed by atoms with E-state index in [9.17, 15) is 4.79 Å². The number of carbonyl (C=O) groups is 1. The molecule has 2 rings (SSSR count). The zero-order valence-electron chi connectivity index (χ0n) is 11.7. The molecule has 104 valence electrons. The number of ketones is 1. The Morgan fingerprint density at radius 2 is 1.95 bits per heavy atom. The van der Waals surface area contributed by atoms with Crippen LogP contribution in [0.1, 0.15) is 28.8 Å². The van der Waals surface area contributed by atoms with Crippen molar-refractivity contribution in [3.05, 3.63) is 23.3 Å². The van der Waals surface area contributed by atoms with Gasteiger partial charge in [0.05, 0.1) is 20.8 Å². The molecule has 1 heterocycles. The number of benzene rings is 1. The van der Waals surface area contributed by atoms with E-state index in [-0.39, 0.29) is 11.7 Å². The number of methoxy groups -OCH3 is 2. The Balaban J connectivity index is 2.30.